The minimum atomic E-state index is -2.66. The topological polar surface area (TPSA) is 54.4 Å². The van der Waals surface area contributed by atoms with Crippen molar-refractivity contribution in [2.45, 2.75) is 24.6 Å². The third-order valence-electron chi connectivity index (χ3n) is 2.39. The highest BCUT2D eigenvalue weighted by atomic mass is 79.9. The first-order valence-electron chi connectivity index (χ1n) is 5.10. The molecule has 0 heterocycles. The van der Waals surface area contributed by atoms with Crippen molar-refractivity contribution in [3.8, 4) is 0 Å². The maximum Gasteiger partial charge on any atom is 0.307 e. The van der Waals surface area contributed by atoms with E-state index in [1.54, 1.807) is 0 Å². The second-order valence-corrected chi connectivity index (χ2v) is 4.72. The second-order valence-electron chi connectivity index (χ2n) is 3.80. The van der Waals surface area contributed by atoms with Gasteiger partial charge >= 0.3 is 5.97 Å². The third-order valence-corrected chi connectivity index (χ3v) is 3.53. The largest absolute Gasteiger partial charge is 0.481 e. The van der Waals surface area contributed by atoms with Gasteiger partial charge in [-0.3, -0.25) is 9.59 Å². The number of Topliss-reactive ketones (excluding diaryl/α,β-unsaturated/α-hetero) is 1. The molecule has 0 spiro atoms. The maximum atomic E-state index is 12.6. The van der Waals surface area contributed by atoms with Gasteiger partial charge in [0.15, 0.2) is 0 Å². The van der Waals surface area contributed by atoms with Gasteiger partial charge in [-0.2, -0.15) is 0 Å². The molecule has 0 aliphatic rings. The Bertz CT molecular complexity index is 474. The molecule has 1 atom stereocenters. The summed E-state index contributed by atoms with van der Waals surface area (Å²) in [5.41, 5.74) is 0.400. The Morgan fingerprint density at radius 3 is 2.44 bits per heavy atom. The Hall–Kier alpha value is -1.30. The van der Waals surface area contributed by atoms with Crippen molar-refractivity contribution < 1.29 is 23.5 Å². The number of benzene rings is 1. The zero-order valence-corrected chi connectivity index (χ0v) is 11.1. The molecule has 1 unspecified atom stereocenters. The van der Waals surface area contributed by atoms with Gasteiger partial charge in [-0.05, 0) is 24.1 Å². The minimum Gasteiger partial charge on any atom is -0.481 e. The van der Waals surface area contributed by atoms with Gasteiger partial charge in [-0.25, -0.2) is 8.78 Å². The van der Waals surface area contributed by atoms with Crippen LogP contribution in [0.15, 0.2) is 18.2 Å². The quantitative estimate of drug-likeness (QED) is 0.847. The summed E-state index contributed by atoms with van der Waals surface area (Å²) in [5.74, 6) is -1.35. The lowest BCUT2D eigenvalue weighted by Gasteiger charge is -2.13. The van der Waals surface area contributed by atoms with Crippen LogP contribution in [0.3, 0.4) is 0 Å². The van der Waals surface area contributed by atoms with E-state index in [1.807, 2.05) is 0 Å². The van der Waals surface area contributed by atoms with Crippen LogP contribution in [-0.4, -0.2) is 16.9 Å². The van der Waals surface area contributed by atoms with E-state index in [9.17, 15) is 18.4 Å². The van der Waals surface area contributed by atoms with Crippen molar-refractivity contribution in [1.82, 2.24) is 0 Å². The fourth-order valence-corrected chi connectivity index (χ4v) is 1.95. The van der Waals surface area contributed by atoms with E-state index in [0.29, 0.717) is 5.56 Å². The number of carbonyl (C=O) groups is 2. The van der Waals surface area contributed by atoms with E-state index in [4.69, 9.17) is 5.11 Å². The van der Waals surface area contributed by atoms with Crippen LogP contribution in [0.2, 0.25) is 0 Å². The molecule has 1 aromatic carbocycles. The normalized spacial score (nSPS) is 12.5. The lowest BCUT2D eigenvalue weighted by molar-refractivity contribution is -0.136. The molecule has 0 fully saturated rings. The number of carbonyl (C=O) groups excluding carboxylic acids is 1. The molecular formula is C12H11BrF2O3. The predicted octanol–water partition coefficient (Wildman–Crippen LogP) is 3.28. The van der Waals surface area contributed by atoms with E-state index in [-0.39, 0.29) is 23.3 Å². The molecule has 6 heteroatoms. The molecule has 0 saturated heterocycles. The van der Waals surface area contributed by atoms with E-state index in [0.717, 1.165) is 0 Å². The summed E-state index contributed by atoms with van der Waals surface area (Å²) >= 11 is 3.09. The first kappa shape index (κ1) is 14.8. The van der Waals surface area contributed by atoms with Crippen LogP contribution in [0.25, 0.3) is 0 Å². The zero-order valence-electron chi connectivity index (χ0n) is 9.49. The SMILES string of the molecule is CC(=O)C(Br)c1cc(C(F)F)ccc1CC(=O)O. The number of alkyl halides is 3. The molecule has 0 aliphatic heterocycles. The number of hydrogen-bond donors (Lipinski definition) is 1. The van der Waals surface area contributed by atoms with Crippen LogP contribution in [0.1, 0.15) is 34.9 Å². The Kier molecular flexibility index (Phi) is 4.95. The van der Waals surface area contributed by atoms with Crippen LogP contribution >= 0.6 is 15.9 Å². The summed E-state index contributed by atoms with van der Waals surface area (Å²) in [6, 6.07) is 3.66. The molecule has 0 saturated carbocycles. The Labute approximate surface area is 111 Å². The van der Waals surface area contributed by atoms with Crippen molar-refractivity contribution >= 4 is 27.7 Å². The van der Waals surface area contributed by atoms with Crippen molar-refractivity contribution in [1.29, 1.82) is 0 Å². The van der Waals surface area contributed by atoms with Crippen LogP contribution in [-0.2, 0) is 16.0 Å². The molecule has 1 N–H and O–H groups in total. The van der Waals surface area contributed by atoms with E-state index in [1.165, 1.54) is 25.1 Å². The van der Waals surface area contributed by atoms with Gasteiger partial charge in [0.25, 0.3) is 6.43 Å². The van der Waals surface area contributed by atoms with Crippen molar-refractivity contribution in [3.63, 3.8) is 0 Å². The fourth-order valence-electron chi connectivity index (χ4n) is 1.53. The number of carboxylic acid groups (broad SMARTS) is 1. The van der Waals surface area contributed by atoms with Crippen molar-refractivity contribution in [2.24, 2.45) is 0 Å². The summed E-state index contributed by atoms with van der Waals surface area (Å²) < 4.78 is 25.2. The van der Waals surface area contributed by atoms with Crippen molar-refractivity contribution in [3.05, 3.63) is 34.9 Å². The molecule has 1 aromatic rings. The first-order chi connectivity index (χ1) is 8.32. The van der Waals surface area contributed by atoms with Gasteiger partial charge < -0.3 is 5.11 Å². The Balaban J connectivity index is 3.25. The second kappa shape index (κ2) is 6.04. The highest BCUT2D eigenvalue weighted by molar-refractivity contribution is 9.09. The van der Waals surface area contributed by atoms with E-state index < -0.39 is 17.2 Å². The van der Waals surface area contributed by atoms with Gasteiger partial charge in [0.1, 0.15) is 5.78 Å². The number of carboxylic acids is 1. The molecule has 3 nitrogen and oxygen atoms in total. The maximum absolute atomic E-state index is 12.6. The van der Waals surface area contributed by atoms with Gasteiger partial charge in [0, 0.05) is 5.56 Å². The van der Waals surface area contributed by atoms with Crippen molar-refractivity contribution in [2.75, 3.05) is 0 Å². The van der Waals surface area contributed by atoms with E-state index in [2.05, 4.69) is 15.9 Å². The number of rotatable bonds is 5. The summed E-state index contributed by atoms with van der Waals surface area (Å²) in [6.45, 7) is 1.30. The number of ketones is 1. The van der Waals surface area contributed by atoms with Gasteiger partial charge in [0.05, 0.1) is 11.2 Å². The van der Waals surface area contributed by atoms with Crippen LogP contribution in [0, 0.1) is 0 Å². The third kappa shape index (κ3) is 3.60. The molecule has 0 radical (unpaired) electrons. The molecule has 98 valence electrons. The molecule has 0 amide bonds. The average Bonchev–Trinajstić information content (AvgIpc) is 2.27. The minimum absolute atomic E-state index is 0.232. The van der Waals surface area contributed by atoms with Gasteiger partial charge in [-0.1, -0.05) is 28.1 Å². The molecule has 1 rings (SSSR count). The summed E-state index contributed by atoms with van der Waals surface area (Å²) in [6.07, 6.45) is -2.97. The lowest BCUT2D eigenvalue weighted by atomic mass is 9.97. The number of hydrogen-bond acceptors (Lipinski definition) is 2. The lowest BCUT2D eigenvalue weighted by Crippen LogP contribution is -2.09. The number of aliphatic carboxylic acids is 1. The predicted molar refractivity (Wildman–Crippen MR) is 65.1 cm³/mol. The Morgan fingerprint density at radius 1 is 1.39 bits per heavy atom. The average molecular weight is 321 g/mol. The van der Waals surface area contributed by atoms with Gasteiger partial charge in [-0.15, -0.1) is 0 Å². The standard InChI is InChI=1S/C12H11BrF2O3/c1-6(16)11(13)9-4-8(12(14)15)3-2-7(9)5-10(17)18/h2-4,11-12H,5H2,1H3,(H,17,18). The zero-order chi connectivity index (χ0) is 13.9. The highest BCUT2D eigenvalue weighted by Crippen LogP contribution is 2.31. The highest BCUT2D eigenvalue weighted by Gasteiger charge is 2.20. The molecule has 18 heavy (non-hydrogen) atoms. The van der Waals surface area contributed by atoms with Crippen LogP contribution in [0.4, 0.5) is 8.78 Å². The smallest absolute Gasteiger partial charge is 0.307 e. The monoisotopic (exact) mass is 320 g/mol. The molecular weight excluding hydrogens is 310 g/mol. The Morgan fingerprint density at radius 2 is 2.00 bits per heavy atom. The molecule has 0 aromatic heterocycles. The summed E-state index contributed by atoms with van der Waals surface area (Å²) in [4.78, 5) is 21.2. The first-order valence-corrected chi connectivity index (χ1v) is 6.01. The summed E-state index contributed by atoms with van der Waals surface area (Å²) in [7, 11) is 0. The van der Waals surface area contributed by atoms with Crippen LogP contribution in [0.5, 0.6) is 0 Å². The van der Waals surface area contributed by atoms with Crippen LogP contribution < -0.4 is 0 Å². The molecule has 0 bridgehead atoms. The van der Waals surface area contributed by atoms with E-state index >= 15 is 0 Å². The summed E-state index contributed by atoms with van der Waals surface area (Å²) in [5, 5.41) is 8.74. The molecule has 0 aliphatic carbocycles. The van der Waals surface area contributed by atoms with Gasteiger partial charge in [0.2, 0.25) is 0 Å². The number of halogens is 3. The fraction of sp³-hybridized carbons (Fsp3) is 0.333.